The number of aromatic nitrogens is 2. The van der Waals surface area contributed by atoms with Crippen LogP contribution in [-0.2, 0) is 4.74 Å². The van der Waals surface area contributed by atoms with Crippen molar-refractivity contribution in [1.82, 2.24) is 15.3 Å². The lowest BCUT2D eigenvalue weighted by molar-refractivity contribution is 0.0931. The molecule has 116 valence electrons. The van der Waals surface area contributed by atoms with Crippen molar-refractivity contribution in [1.29, 1.82) is 0 Å². The Balaban J connectivity index is 1.66. The first-order valence-electron chi connectivity index (χ1n) is 7.89. The largest absolute Gasteiger partial charge is 0.477 e. The van der Waals surface area contributed by atoms with Crippen molar-refractivity contribution in [2.24, 2.45) is 0 Å². The Morgan fingerprint density at radius 1 is 1.43 bits per heavy atom. The van der Waals surface area contributed by atoms with Gasteiger partial charge in [-0.3, -0.25) is 4.98 Å². The lowest BCUT2D eigenvalue weighted by Crippen LogP contribution is -2.51. The summed E-state index contributed by atoms with van der Waals surface area (Å²) in [6, 6.07) is 1.02. The lowest BCUT2D eigenvalue weighted by atomic mass is 10.2. The summed E-state index contributed by atoms with van der Waals surface area (Å²) in [7, 11) is 0. The summed E-state index contributed by atoms with van der Waals surface area (Å²) in [5.74, 6) is 1.49. The fourth-order valence-electron chi connectivity index (χ4n) is 2.47. The second-order valence-electron chi connectivity index (χ2n) is 5.67. The quantitative estimate of drug-likeness (QED) is 0.815. The molecule has 1 aromatic rings. The Labute approximate surface area is 125 Å². The first-order valence-corrected chi connectivity index (χ1v) is 7.89. The van der Waals surface area contributed by atoms with Crippen LogP contribution in [0.1, 0.15) is 26.2 Å². The third-order valence-corrected chi connectivity index (χ3v) is 3.80. The molecule has 2 heterocycles. The maximum Gasteiger partial charge on any atom is 0.234 e. The molecule has 1 saturated heterocycles. The molecule has 0 aromatic carbocycles. The van der Waals surface area contributed by atoms with Gasteiger partial charge in [0.25, 0.3) is 0 Å². The van der Waals surface area contributed by atoms with E-state index in [0.717, 1.165) is 38.5 Å². The van der Waals surface area contributed by atoms with Crippen molar-refractivity contribution in [3.63, 3.8) is 0 Å². The normalized spacial score (nSPS) is 22.3. The molecule has 1 aliphatic carbocycles. The van der Waals surface area contributed by atoms with E-state index in [1.165, 1.54) is 12.8 Å². The molecule has 3 rings (SSSR count). The molecular weight excluding hydrogens is 268 g/mol. The molecule has 21 heavy (non-hydrogen) atoms. The molecule has 1 unspecified atom stereocenters. The number of hydrogen-bond donors (Lipinski definition) is 1. The minimum absolute atomic E-state index is 0.315. The van der Waals surface area contributed by atoms with Crippen LogP contribution in [0, 0.1) is 0 Å². The van der Waals surface area contributed by atoms with Crippen LogP contribution in [0.4, 0.5) is 5.82 Å². The molecule has 1 aliphatic heterocycles. The Morgan fingerprint density at radius 3 is 3.14 bits per heavy atom. The molecule has 2 fully saturated rings. The van der Waals surface area contributed by atoms with Gasteiger partial charge in [-0.15, -0.1) is 0 Å². The van der Waals surface area contributed by atoms with Gasteiger partial charge in [-0.2, -0.15) is 4.98 Å². The van der Waals surface area contributed by atoms with E-state index < -0.39 is 0 Å². The van der Waals surface area contributed by atoms with Crippen LogP contribution in [0.5, 0.6) is 5.88 Å². The number of morpholine rings is 1. The van der Waals surface area contributed by atoms with Crippen molar-refractivity contribution in [3.8, 4) is 5.88 Å². The van der Waals surface area contributed by atoms with E-state index in [9.17, 15) is 0 Å². The summed E-state index contributed by atoms with van der Waals surface area (Å²) in [5.41, 5.74) is 0. The SMILES string of the molecule is CCCOc1cncc(N2CCOCC2CNC2CC2)n1. The first kappa shape index (κ1) is 14.5. The summed E-state index contributed by atoms with van der Waals surface area (Å²) in [5, 5.41) is 3.57. The number of rotatable bonds is 7. The van der Waals surface area contributed by atoms with Gasteiger partial charge in [-0.1, -0.05) is 6.92 Å². The average Bonchev–Trinajstić information content (AvgIpc) is 3.36. The lowest BCUT2D eigenvalue weighted by Gasteiger charge is -2.36. The van der Waals surface area contributed by atoms with E-state index in [1.54, 1.807) is 6.20 Å². The highest BCUT2D eigenvalue weighted by Crippen LogP contribution is 2.21. The maximum absolute atomic E-state index is 5.62. The van der Waals surface area contributed by atoms with Crippen LogP contribution in [0.25, 0.3) is 0 Å². The minimum Gasteiger partial charge on any atom is -0.477 e. The minimum atomic E-state index is 0.315. The van der Waals surface area contributed by atoms with Crippen molar-refractivity contribution in [2.45, 2.75) is 38.3 Å². The summed E-state index contributed by atoms with van der Waals surface area (Å²) in [6.45, 7) is 6.02. The molecule has 0 amide bonds. The predicted molar refractivity (Wildman–Crippen MR) is 80.8 cm³/mol. The van der Waals surface area contributed by atoms with E-state index in [1.807, 2.05) is 6.20 Å². The summed E-state index contributed by atoms with van der Waals surface area (Å²) >= 11 is 0. The van der Waals surface area contributed by atoms with Crippen molar-refractivity contribution < 1.29 is 9.47 Å². The van der Waals surface area contributed by atoms with Crippen LogP contribution in [0.15, 0.2) is 12.4 Å². The van der Waals surface area contributed by atoms with Gasteiger partial charge >= 0.3 is 0 Å². The van der Waals surface area contributed by atoms with Crippen molar-refractivity contribution in [3.05, 3.63) is 12.4 Å². The fraction of sp³-hybridized carbons (Fsp3) is 0.733. The predicted octanol–water partition coefficient (Wildman–Crippen LogP) is 1.22. The zero-order valence-electron chi connectivity index (χ0n) is 12.6. The smallest absolute Gasteiger partial charge is 0.234 e. The third kappa shape index (κ3) is 4.04. The number of nitrogens with zero attached hydrogens (tertiary/aromatic N) is 3. The number of anilines is 1. The molecular formula is C15H24N4O2. The van der Waals surface area contributed by atoms with Gasteiger partial charge in [0.15, 0.2) is 5.82 Å². The van der Waals surface area contributed by atoms with Gasteiger partial charge in [-0.05, 0) is 19.3 Å². The third-order valence-electron chi connectivity index (χ3n) is 3.80. The van der Waals surface area contributed by atoms with Gasteiger partial charge < -0.3 is 19.7 Å². The number of nitrogens with one attached hydrogen (secondary N) is 1. The molecule has 0 bridgehead atoms. The van der Waals surface area contributed by atoms with E-state index in [0.29, 0.717) is 24.6 Å². The highest BCUT2D eigenvalue weighted by atomic mass is 16.5. The average molecular weight is 292 g/mol. The van der Waals surface area contributed by atoms with E-state index in [-0.39, 0.29) is 0 Å². The van der Waals surface area contributed by atoms with Crippen molar-refractivity contribution in [2.75, 3.05) is 37.8 Å². The summed E-state index contributed by atoms with van der Waals surface area (Å²) in [6.07, 6.45) is 7.06. The van der Waals surface area contributed by atoms with Gasteiger partial charge in [0.2, 0.25) is 5.88 Å². The second-order valence-corrected chi connectivity index (χ2v) is 5.67. The van der Waals surface area contributed by atoms with Gasteiger partial charge in [-0.25, -0.2) is 0 Å². The molecule has 0 spiro atoms. The first-order chi connectivity index (χ1) is 10.4. The van der Waals surface area contributed by atoms with Gasteiger partial charge in [0, 0.05) is 19.1 Å². The van der Waals surface area contributed by atoms with Crippen LogP contribution >= 0.6 is 0 Å². The highest BCUT2D eigenvalue weighted by molar-refractivity contribution is 5.39. The Kier molecular flexibility index (Phi) is 4.87. The molecule has 6 nitrogen and oxygen atoms in total. The Morgan fingerprint density at radius 2 is 2.33 bits per heavy atom. The van der Waals surface area contributed by atoms with Gasteiger partial charge in [0.1, 0.15) is 0 Å². The molecule has 1 N–H and O–H groups in total. The van der Waals surface area contributed by atoms with Crippen LogP contribution < -0.4 is 15.0 Å². The van der Waals surface area contributed by atoms with Crippen LogP contribution in [0.2, 0.25) is 0 Å². The van der Waals surface area contributed by atoms with Gasteiger partial charge in [0.05, 0.1) is 38.3 Å². The summed E-state index contributed by atoms with van der Waals surface area (Å²) in [4.78, 5) is 11.1. The number of hydrogen-bond acceptors (Lipinski definition) is 6. The van der Waals surface area contributed by atoms with E-state index in [2.05, 4.69) is 27.1 Å². The highest BCUT2D eigenvalue weighted by Gasteiger charge is 2.28. The van der Waals surface area contributed by atoms with Crippen molar-refractivity contribution >= 4 is 5.82 Å². The molecule has 0 radical (unpaired) electrons. The Hall–Kier alpha value is -1.40. The van der Waals surface area contributed by atoms with Crippen LogP contribution in [0.3, 0.4) is 0 Å². The Bertz CT molecular complexity index is 453. The summed E-state index contributed by atoms with van der Waals surface area (Å²) < 4.78 is 11.2. The molecule has 1 saturated carbocycles. The standard InChI is InChI=1S/C15H24N4O2/c1-2-6-21-15-10-16-9-14(18-15)19-5-7-20-11-13(19)8-17-12-3-4-12/h9-10,12-13,17H,2-8,11H2,1H3. The zero-order valence-corrected chi connectivity index (χ0v) is 12.6. The fourth-order valence-corrected chi connectivity index (χ4v) is 2.47. The van der Waals surface area contributed by atoms with E-state index in [4.69, 9.17) is 9.47 Å². The molecule has 1 atom stereocenters. The molecule has 2 aliphatic rings. The number of ether oxygens (including phenoxy) is 2. The van der Waals surface area contributed by atoms with E-state index >= 15 is 0 Å². The monoisotopic (exact) mass is 292 g/mol. The molecule has 6 heteroatoms. The maximum atomic E-state index is 5.62. The zero-order chi connectivity index (χ0) is 14.5. The molecule has 1 aromatic heterocycles. The van der Waals surface area contributed by atoms with Crippen LogP contribution in [-0.4, -0.2) is 55.0 Å². The second kappa shape index (κ2) is 7.04. The topological polar surface area (TPSA) is 59.5 Å².